The third-order valence-corrected chi connectivity index (χ3v) is 3.71. The number of carbonyl (C=O) groups excluding carboxylic acids is 1. The lowest BCUT2D eigenvalue weighted by Crippen LogP contribution is -2.42. The molecule has 2 heterocycles. The van der Waals surface area contributed by atoms with Gasteiger partial charge in [0.2, 0.25) is 5.91 Å². The van der Waals surface area contributed by atoms with E-state index in [-0.39, 0.29) is 16.4 Å². The van der Waals surface area contributed by atoms with E-state index in [0.717, 1.165) is 6.20 Å². The highest BCUT2D eigenvalue weighted by Gasteiger charge is 2.30. The van der Waals surface area contributed by atoms with Gasteiger partial charge < -0.3 is 10.6 Å². The summed E-state index contributed by atoms with van der Waals surface area (Å²) in [6, 6.07) is -0.0985. The van der Waals surface area contributed by atoms with Crippen LogP contribution in [0.15, 0.2) is 15.5 Å². The molecule has 0 aromatic carbocycles. The van der Waals surface area contributed by atoms with Crippen LogP contribution in [-0.4, -0.2) is 34.5 Å². The molecule has 1 fully saturated rings. The molecule has 21 heavy (non-hydrogen) atoms. The molecule has 1 atom stereocenters. The summed E-state index contributed by atoms with van der Waals surface area (Å²) in [4.78, 5) is 22.8. The molecule has 1 unspecified atom stereocenters. The fraction of sp³-hybridized carbons (Fsp3) is 0.545. The highest BCUT2D eigenvalue weighted by Crippen LogP contribution is 2.21. The van der Waals surface area contributed by atoms with Crippen molar-refractivity contribution in [3.8, 4) is 0 Å². The first-order valence-electron chi connectivity index (χ1n) is 6.12. The first-order chi connectivity index (χ1) is 9.76. The summed E-state index contributed by atoms with van der Waals surface area (Å²) in [6.07, 6.45) is -2.43. The maximum absolute atomic E-state index is 12.3. The molecule has 0 saturated carbocycles. The summed E-state index contributed by atoms with van der Waals surface area (Å²) in [5.41, 5.74) is -0.559. The molecule has 10 heteroatoms. The second kappa shape index (κ2) is 6.04. The number of hydrogen-bond donors (Lipinski definition) is 2. The van der Waals surface area contributed by atoms with Crippen molar-refractivity contribution in [2.45, 2.75) is 31.6 Å². The largest absolute Gasteiger partial charge is 0.408 e. The van der Waals surface area contributed by atoms with Crippen molar-refractivity contribution in [1.29, 1.82) is 0 Å². The summed E-state index contributed by atoms with van der Waals surface area (Å²) >= 11 is 2.99. The van der Waals surface area contributed by atoms with Gasteiger partial charge in [-0.25, -0.2) is 4.68 Å². The summed E-state index contributed by atoms with van der Waals surface area (Å²) in [7, 11) is 0. The molecule has 1 saturated heterocycles. The second-order valence-corrected chi connectivity index (χ2v) is 5.43. The van der Waals surface area contributed by atoms with Gasteiger partial charge >= 0.3 is 6.18 Å². The Kier molecular flexibility index (Phi) is 4.55. The second-order valence-electron chi connectivity index (χ2n) is 4.63. The number of carbonyl (C=O) groups is 1. The van der Waals surface area contributed by atoms with Crippen molar-refractivity contribution in [1.82, 2.24) is 15.1 Å². The maximum atomic E-state index is 12.3. The van der Waals surface area contributed by atoms with Crippen LogP contribution in [0.4, 0.5) is 18.9 Å². The van der Waals surface area contributed by atoms with Gasteiger partial charge in [-0.15, -0.1) is 0 Å². The van der Waals surface area contributed by atoms with Crippen LogP contribution in [0.5, 0.6) is 0 Å². The number of halogens is 4. The van der Waals surface area contributed by atoms with E-state index in [2.05, 4.69) is 31.7 Å². The van der Waals surface area contributed by atoms with Crippen LogP contribution in [0.25, 0.3) is 0 Å². The molecule has 0 spiro atoms. The molecule has 1 aromatic rings. The van der Waals surface area contributed by atoms with Crippen molar-refractivity contribution in [3.05, 3.63) is 21.0 Å². The monoisotopic (exact) mass is 368 g/mol. The first kappa shape index (κ1) is 15.8. The molecule has 1 aliphatic rings. The van der Waals surface area contributed by atoms with Crippen LogP contribution in [-0.2, 0) is 11.3 Å². The SMILES string of the molecule is O=C1CCC(Nc2cnn(CC(F)(F)F)c(=O)c2Br)CN1. The molecular formula is C11H12BrF3N4O2. The van der Waals surface area contributed by atoms with E-state index in [1.54, 1.807) is 0 Å². The minimum atomic E-state index is -4.52. The van der Waals surface area contributed by atoms with Crippen LogP contribution in [0, 0.1) is 0 Å². The molecular weight excluding hydrogens is 357 g/mol. The van der Waals surface area contributed by atoms with Crippen molar-refractivity contribution in [2.75, 3.05) is 11.9 Å². The van der Waals surface area contributed by atoms with E-state index in [4.69, 9.17) is 0 Å². The van der Waals surface area contributed by atoms with E-state index >= 15 is 0 Å². The Morgan fingerprint density at radius 3 is 2.76 bits per heavy atom. The normalized spacial score (nSPS) is 19.2. The number of piperidine rings is 1. The zero-order valence-electron chi connectivity index (χ0n) is 10.7. The third-order valence-electron chi connectivity index (χ3n) is 2.94. The van der Waals surface area contributed by atoms with Gasteiger partial charge in [0, 0.05) is 19.0 Å². The van der Waals surface area contributed by atoms with Gasteiger partial charge in [-0.1, -0.05) is 0 Å². The van der Waals surface area contributed by atoms with E-state index < -0.39 is 18.3 Å². The fourth-order valence-corrected chi connectivity index (χ4v) is 2.35. The lowest BCUT2D eigenvalue weighted by Gasteiger charge is -2.24. The number of amides is 1. The smallest absolute Gasteiger partial charge is 0.378 e. The summed E-state index contributed by atoms with van der Waals surface area (Å²) < 4.78 is 37.2. The third kappa shape index (κ3) is 4.19. The number of rotatable bonds is 3. The average Bonchev–Trinajstić information content (AvgIpc) is 2.39. The van der Waals surface area contributed by atoms with Gasteiger partial charge in [-0.3, -0.25) is 9.59 Å². The minimum absolute atomic E-state index is 0.0151. The maximum Gasteiger partial charge on any atom is 0.408 e. The summed E-state index contributed by atoms with van der Waals surface area (Å²) in [6.45, 7) is -1.05. The van der Waals surface area contributed by atoms with Crippen molar-refractivity contribution in [2.24, 2.45) is 0 Å². The van der Waals surface area contributed by atoms with Gasteiger partial charge in [-0.05, 0) is 22.4 Å². The Morgan fingerprint density at radius 1 is 1.48 bits per heavy atom. The van der Waals surface area contributed by atoms with Crippen LogP contribution < -0.4 is 16.2 Å². The minimum Gasteiger partial charge on any atom is -0.378 e. The standard InChI is InChI=1S/C11H12BrF3N4O2/c12-9-7(18-6-1-2-8(20)16-3-6)4-17-19(10(9)21)5-11(13,14)15/h4,6,18H,1-3,5H2,(H,16,20). The molecule has 1 aliphatic heterocycles. The molecule has 6 nitrogen and oxygen atoms in total. The highest BCUT2D eigenvalue weighted by molar-refractivity contribution is 9.10. The Bertz CT molecular complexity index is 592. The molecule has 1 aromatic heterocycles. The first-order valence-corrected chi connectivity index (χ1v) is 6.91. The van der Waals surface area contributed by atoms with Gasteiger partial charge in [0.05, 0.1) is 11.9 Å². The number of aromatic nitrogens is 2. The van der Waals surface area contributed by atoms with E-state index in [1.165, 1.54) is 0 Å². The Labute approximate surface area is 125 Å². The summed E-state index contributed by atoms with van der Waals surface area (Å²) in [5, 5.41) is 9.15. The van der Waals surface area contributed by atoms with Crippen LogP contribution >= 0.6 is 15.9 Å². The van der Waals surface area contributed by atoms with Crippen molar-refractivity contribution < 1.29 is 18.0 Å². The van der Waals surface area contributed by atoms with Crippen molar-refractivity contribution in [3.63, 3.8) is 0 Å². The topological polar surface area (TPSA) is 76.0 Å². The lowest BCUT2D eigenvalue weighted by atomic mass is 10.1. The Hall–Kier alpha value is -1.58. The van der Waals surface area contributed by atoms with E-state index in [0.29, 0.717) is 29.8 Å². The Balaban J connectivity index is 2.13. The predicted molar refractivity (Wildman–Crippen MR) is 71.9 cm³/mol. The quantitative estimate of drug-likeness (QED) is 0.841. The molecule has 0 bridgehead atoms. The van der Waals surface area contributed by atoms with Gasteiger partial charge in [0.1, 0.15) is 11.0 Å². The summed E-state index contributed by atoms with van der Waals surface area (Å²) in [5.74, 6) is -0.0502. The molecule has 0 radical (unpaired) electrons. The van der Waals surface area contributed by atoms with Crippen molar-refractivity contribution >= 4 is 27.5 Å². The van der Waals surface area contributed by atoms with Gasteiger partial charge in [0.15, 0.2) is 0 Å². The molecule has 2 rings (SSSR count). The van der Waals surface area contributed by atoms with Crippen LogP contribution in [0.3, 0.4) is 0 Å². The fourth-order valence-electron chi connectivity index (χ4n) is 1.92. The molecule has 116 valence electrons. The highest BCUT2D eigenvalue weighted by atomic mass is 79.9. The molecule has 0 aliphatic carbocycles. The van der Waals surface area contributed by atoms with Gasteiger partial charge in [0.25, 0.3) is 5.56 Å². The average molecular weight is 369 g/mol. The Morgan fingerprint density at radius 2 is 2.19 bits per heavy atom. The van der Waals surface area contributed by atoms with Gasteiger partial charge in [-0.2, -0.15) is 18.3 Å². The number of nitrogens with zero attached hydrogens (tertiary/aromatic N) is 2. The van der Waals surface area contributed by atoms with E-state index in [1.807, 2.05) is 0 Å². The molecule has 2 N–H and O–H groups in total. The van der Waals surface area contributed by atoms with Crippen LogP contribution in [0.2, 0.25) is 0 Å². The van der Waals surface area contributed by atoms with Crippen LogP contribution in [0.1, 0.15) is 12.8 Å². The number of anilines is 1. The number of alkyl halides is 3. The molecule has 1 amide bonds. The zero-order valence-corrected chi connectivity index (χ0v) is 12.3. The van der Waals surface area contributed by atoms with E-state index in [9.17, 15) is 22.8 Å². The number of nitrogens with one attached hydrogen (secondary N) is 2. The predicted octanol–water partition coefficient (Wildman–Crippen LogP) is 1.26. The lowest BCUT2D eigenvalue weighted by molar-refractivity contribution is -0.143. The zero-order chi connectivity index (χ0) is 15.6. The number of hydrogen-bond acceptors (Lipinski definition) is 4.